The van der Waals surface area contributed by atoms with Crippen LogP contribution >= 0.6 is 0 Å². The molecule has 106 valence electrons. The predicted octanol–water partition coefficient (Wildman–Crippen LogP) is 2.24. The highest BCUT2D eigenvalue weighted by Gasteiger charge is 2.15. The number of nitrogen functional groups attached to an aromatic ring is 1. The smallest absolute Gasteiger partial charge is 0.177 e. The summed E-state index contributed by atoms with van der Waals surface area (Å²) in [6, 6.07) is 8.71. The molecule has 0 aliphatic carbocycles. The van der Waals surface area contributed by atoms with Gasteiger partial charge in [0.2, 0.25) is 0 Å². The summed E-state index contributed by atoms with van der Waals surface area (Å²) < 4.78 is 23.3. The Morgan fingerprint density at radius 3 is 2.60 bits per heavy atom. The first-order chi connectivity index (χ1) is 9.39. The van der Waals surface area contributed by atoms with Crippen molar-refractivity contribution in [1.29, 1.82) is 0 Å². The maximum absolute atomic E-state index is 11.6. The molecule has 0 bridgehead atoms. The van der Waals surface area contributed by atoms with E-state index in [1.807, 2.05) is 19.1 Å². The lowest BCUT2D eigenvalue weighted by Gasteiger charge is -2.18. The highest BCUT2D eigenvalue weighted by Crippen LogP contribution is 2.29. The molecule has 0 fully saturated rings. The summed E-state index contributed by atoms with van der Waals surface area (Å²) in [5.74, 6) is 0. The van der Waals surface area contributed by atoms with Crippen LogP contribution in [0.1, 0.15) is 18.5 Å². The zero-order chi connectivity index (χ0) is 14.8. The van der Waals surface area contributed by atoms with Crippen LogP contribution in [0.2, 0.25) is 0 Å². The Kier molecular flexibility index (Phi) is 3.94. The number of anilines is 2. The first-order valence-electron chi connectivity index (χ1n) is 6.14. The van der Waals surface area contributed by atoms with E-state index < -0.39 is 9.84 Å². The minimum atomic E-state index is -3.33. The lowest BCUT2D eigenvalue weighted by atomic mass is 10.1. The van der Waals surface area contributed by atoms with Crippen LogP contribution in [0.4, 0.5) is 11.4 Å². The molecule has 0 saturated heterocycles. The lowest BCUT2D eigenvalue weighted by molar-refractivity contribution is 0.602. The highest BCUT2D eigenvalue weighted by atomic mass is 32.2. The Morgan fingerprint density at radius 1 is 1.25 bits per heavy atom. The number of aromatic nitrogens is 1. The van der Waals surface area contributed by atoms with Gasteiger partial charge in [0, 0.05) is 18.6 Å². The van der Waals surface area contributed by atoms with Crippen molar-refractivity contribution in [2.75, 3.05) is 17.3 Å². The zero-order valence-corrected chi connectivity index (χ0v) is 12.2. The molecule has 1 heterocycles. The Morgan fingerprint density at radius 2 is 2.00 bits per heavy atom. The number of hydrogen-bond acceptors (Lipinski definition) is 5. The second-order valence-electron chi connectivity index (χ2n) is 4.64. The van der Waals surface area contributed by atoms with E-state index in [9.17, 15) is 8.42 Å². The second kappa shape index (κ2) is 5.50. The molecule has 5 nitrogen and oxygen atoms in total. The van der Waals surface area contributed by atoms with Crippen LogP contribution < -0.4 is 11.1 Å². The van der Waals surface area contributed by atoms with Gasteiger partial charge in [0.15, 0.2) is 9.84 Å². The highest BCUT2D eigenvalue weighted by molar-refractivity contribution is 7.90. The van der Waals surface area contributed by atoms with Crippen LogP contribution in [0.5, 0.6) is 0 Å². The van der Waals surface area contributed by atoms with E-state index in [2.05, 4.69) is 10.3 Å². The standard InChI is InChI=1S/C14H17N3O2S/c1-10(11-5-4-8-16-9-11)17-12-6-3-7-13(14(12)15)20(2,18)19/h3-10,17H,15H2,1-2H3. The van der Waals surface area contributed by atoms with Crippen LogP contribution in [0.15, 0.2) is 47.6 Å². The summed E-state index contributed by atoms with van der Waals surface area (Å²) in [5, 5.41) is 3.21. The number of pyridine rings is 1. The number of hydrogen-bond donors (Lipinski definition) is 2. The van der Waals surface area contributed by atoms with E-state index in [4.69, 9.17) is 5.73 Å². The quantitative estimate of drug-likeness (QED) is 0.844. The monoisotopic (exact) mass is 291 g/mol. The molecule has 1 unspecified atom stereocenters. The van der Waals surface area contributed by atoms with Crippen molar-refractivity contribution in [3.63, 3.8) is 0 Å². The summed E-state index contributed by atoms with van der Waals surface area (Å²) in [7, 11) is -3.33. The maximum atomic E-state index is 11.6. The fourth-order valence-electron chi connectivity index (χ4n) is 1.94. The topological polar surface area (TPSA) is 85.1 Å². The number of nitrogens with one attached hydrogen (secondary N) is 1. The minimum Gasteiger partial charge on any atom is -0.396 e. The lowest BCUT2D eigenvalue weighted by Crippen LogP contribution is -2.11. The van der Waals surface area contributed by atoms with Crippen molar-refractivity contribution < 1.29 is 8.42 Å². The van der Waals surface area contributed by atoms with E-state index in [1.165, 1.54) is 6.07 Å². The van der Waals surface area contributed by atoms with E-state index in [-0.39, 0.29) is 16.6 Å². The summed E-state index contributed by atoms with van der Waals surface area (Å²) >= 11 is 0. The van der Waals surface area contributed by atoms with Gasteiger partial charge < -0.3 is 11.1 Å². The summed E-state index contributed by atoms with van der Waals surface area (Å²) in [4.78, 5) is 4.20. The predicted molar refractivity (Wildman–Crippen MR) is 80.2 cm³/mol. The SMILES string of the molecule is CC(Nc1cccc(S(C)(=O)=O)c1N)c1cccnc1. The van der Waals surface area contributed by atoms with Crippen molar-refractivity contribution in [3.05, 3.63) is 48.3 Å². The Bertz CT molecular complexity index is 700. The third-order valence-electron chi connectivity index (χ3n) is 3.02. The molecule has 2 aromatic rings. The third kappa shape index (κ3) is 3.08. The van der Waals surface area contributed by atoms with E-state index in [1.54, 1.807) is 24.5 Å². The number of benzene rings is 1. The molecule has 0 amide bonds. The molecule has 20 heavy (non-hydrogen) atoms. The van der Waals surface area contributed by atoms with Crippen LogP contribution in [-0.4, -0.2) is 19.7 Å². The molecule has 3 N–H and O–H groups in total. The number of nitrogens with two attached hydrogens (primary N) is 1. The molecule has 0 spiro atoms. The van der Waals surface area contributed by atoms with Crippen molar-refractivity contribution in [2.24, 2.45) is 0 Å². The molecular weight excluding hydrogens is 274 g/mol. The van der Waals surface area contributed by atoms with Gasteiger partial charge in [-0.25, -0.2) is 8.42 Å². The largest absolute Gasteiger partial charge is 0.396 e. The van der Waals surface area contributed by atoms with Gasteiger partial charge in [-0.05, 0) is 30.7 Å². The van der Waals surface area contributed by atoms with Gasteiger partial charge in [-0.3, -0.25) is 4.98 Å². The fraction of sp³-hybridized carbons (Fsp3) is 0.214. The Labute approximate surface area is 118 Å². The van der Waals surface area contributed by atoms with Crippen molar-refractivity contribution in [3.8, 4) is 0 Å². The van der Waals surface area contributed by atoms with Crippen LogP contribution in [0.3, 0.4) is 0 Å². The van der Waals surface area contributed by atoms with Crippen molar-refractivity contribution in [2.45, 2.75) is 17.9 Å². The number of sulfone groups is 1. The number of nitrogens with zero attached hydrogens (tertiary/aromatic N) is 1. The van der Waals surface area contributed by atoms with Gasteiger partial charge in [0.25, 0.3) is 0 Å². The number of rotatable bonds is 4. The summed E-state index contributed by atoms with van der Waals surface area (Å²) in [6.45, 7) is 1.96. The van der Waals surface area contributed by atoms with E-state index in [0.717, 1.165) is 11.8 Å². The molecule has 0 aliphatic heterocycles. The normalized spacial score (nSPS) is 12.9. The third-order valence-corrected chi connectivity index (χ3v) is 4.18. The van der Waals surface area contributed by atoms with Crippen LogP contribution in [0, 0.1) is 0 Å². The van der Waals surface area contributed by atoms with Crippen molar-refractivity contribution >= 4 is 21.2 Å². The molecule has 0 saturated carbocycles. The van der Waals surface area contributed by atoms with Crippen molar-refractivity contribution in [1.82, 2.24) is 4.98 Å². The average Bonchev–Trinajstić information content (AvgIpc) is 2.40. The second-order valence-corrected chi connectivity index (χ2v) is 6.63. The van der Waals surface area contributed by atoms with Crippen LogP contribution in [0.25, 0.3) is 0 Å². The van der Waals surface area contributed by atoms with E-state index in [0.29, 0.717) is 5.69 Å². The van der Waals surface area contributed by atoms with Crippen LogP contribution in [-0.2, 0) is 9.84 Å². The van der Waals surface area contributed by atoms with E-state index >= 15 is 0 Å². The van der Waals surface area contributed by atoms with Gasteiger partial charge >= 0.3 is 0 Å². The molecule has 2 rings (SSSR count). The summed E-state index contributed by atoms with van der Waals surface area (Å²) in [5.41, 5.74) is 7.78. The molecule has 1 aromatic heterocycles. The molecule has 1 aromatic carbocycles. The van der Waals surface area contributed by atoms with Gasteiger partial charge in [0.1, 0.15) is 0 Å². The fourth-order valence-corrected chi connectivity index (χ4v) is 2.78. The molecule has 0 aliphatic rings. The molecule has 0 radical (unpaired) electrons. The number of para-hydroxylation sites is 1. The zero-order valence-electron chi connectivity index (χ0n) is 11.4. The summed E-state index contributed by atoms with van der Waals surface area (Å²) in [6.07, 6.45) is 4.61. The molecule has 6 heteroatoms. The Balaban J connectivity index is 2.31. The first-order valence-corrected chi connectivity index (χ1v) is 8.03. The Hall–Kier alpha value is -2.08. The van der Waals surface area contributed by atoms with Gasteiger partial charge in [-0.15, -0.1) is 0 Å². The average molecular weight is 291 g/mol. The molecule has 1 atom stereocenters. The maximum Gasteiger partial charge on any atom is 0.177 e. The minimum absolute atomic E-state index is 0.0270. The van der Waals surface area contributed by atoms with Gasteiger partial charge in [-0.2, -0.15) is 0 Å². The first kappa shape index (κ1) is 14.3. The van der Waals surface area contributed by atoms with Gasteiger partial charge in [-0.1, -0.05) is 12.1 Å². The molecular formula is C14H17N3O2S. The van der Waals surface area contributed by atoms with Gasteiger partial charge in [0.05, 0.1) is 22.3 Å².